The molecule has 28 heavy (non-hydrogen) atoms. The van der Waals surface area contributed by atoms with Gasteiger partial charge in [-0.1, -0.05) is 12.1 Å². The van der Waals surface area contributed by atoms with Crippen LogP contribution in [-0.4, -0.2) is 48.4 Å². The van der Waals surface area contributed by atoms with Gasteiger partial charge in [0.2, 0.25) is 0 Å². The maximum absolute atomic E-state index is 12.2. The van der Waals surface area contributed by atoms with Gasteiger partial charge in [-0.2, -0.15) is 0 Å². The molecule has 4 N–H and O–H groups in total. The minimum absolute atomic E-state index is 0.0763. The Morgan fingerprint density at radius 3 is 2.79 bits per heavy atom. The van der Waals surface area contributed by atoms with E-state index in [1.54, 1.807) is 0 Å². The summed E-state index contributed by atoms with van der Waals surface area (Å²) in [5.74, 6) is 0.713. The number of benzene rings is 1. The largest absolute Gasteiger partial charge is 0.393 e. The van der Waals surface area contributed by atoms with Crippen LogP contribution in [-0.2, 0) is 16.1 Å². The highest BCUT2D eigenvalue weighted by atomic mass is 16.5. The topological polar surface area (TPSA) is 95.0 Å². The van der Waals surface area contributed by atoms with E-state index in [4.69, 9.17) is 4.74 Å². The Balaban J connectivity index is 1.56. The van der Waals surface area contributed by atoms with Crippen LogP contribution >= 0.6 is 0 Å². The maximum Gasteiger partial charge on any atom is 0.253 e. The Labute approximate surface area is 167 Å². The zero-order chi connectivity index (χ0) is 19.8. The third kappa shape index (κ3) is 6.21. The summed E-state index contributed by atoms with van der Waals surface area (Å²) in [7, 11) is 0. The molecule has 2 aliphatic rings. The van der Waals surface area contributed by atoms with Crippen molar-refractivity contribution in [2.24, 2.45) is 4.99 Å². The van der Waals surface area contributed by atoms with Crippen LogP contribution in [0.4, 0.5) is 5.69 Å². The molecule has 7 nitrogen and oxygen atoms in total. The fourth-order valence-corrected chi connectivity index (χ4v) is 3.66. The average molecular weight is 389 g/mol. The lowest BCUT2D eigenvalue weighted by atomic mass is 9.93. The van der Waals surface area contributed by atoms with Crippen molar-refractivity contribution in [3.8, 4) is 0 Å². The second kappa shape index (κ2) is 10.4. The Morgan fingerprint density at radius 1 is 1.25 bits per heavy atom. The van der Waals surface area contributed by atoms with E-state index >= 15 is 0 Å². The van der Waals surface area contributed by atoms with Crippen LogP contribution in [0.15, 0.2) is 29.3 Å². The van der Waals surface area contributed by atoms with Gasteiger partial charge in [-0.15, -0.1) is 0 Å². The summed E-state index contributed by atoms with van der Waals surface area (Å²) in [4.78, 5) is 16.9. The number of carbonyl (C=O) groups excluding carboxylic acids is 1. The molecule has 1 unspecified atom stereocenters. The van der Waals surface area contributed by atoms with E-state index in [9.17, 15) is 9.90 Å². The van der Waals surface area contributed by atoms with E-state index in [2.05, 4.69) is 20.9 Å². The minimum Gasteiger partial charge on any atom is -0.393 e. The van der Waals surface area contributed by atoms with Crippen molar-refractivity contribution in [1.82, 2.24) is 10.6 Å². The third-order valence-electron chi connectivity index (χ3n) is 5.22. The fraction of sp³-hybridized carbons (Fsp3) is 0.619. The summed E-state index contributed by atoms with van der Waals surface area (Å²) in [6.07, 6.45) is 4.81. The number of rotatable bonds is 6. The number of anilines is 1. The summed E-state index contributed by atoms with van der Waals surface area (Å²) in [5, 5.41) is 19.4. The Kier molecular flexibility index (Phi) is 7.68. The van der Waals surface area contributed by atoms with Crippen molar-refractivity contribution >= 4 is 17.6 Å². The molecule has 1 amide bonds. The predicted octanol–water partition coefficient (Wildman–Crippen LogP) is 2.16. The SMILES string of the molecule is CCNC(=NCc1cccc(NC(=O)C2CCCO2)c1)NC1CCC(O)CC1. The maximum atomic E-state index is 12.2. The second-order valence-corrected chi connectivity index (χ2v) is 7.54. The number of aliphatic hydroxyl groups excluding tert-OH is 1. The first kappa shape index (κ1) is 20.6. The number of hydrogen-bond donors (Lipinski definition) is 4. The third-order valence-corrected chi connectivity index (χ3v) is 5.22. The number of ether oxygens (including phenoxy) is 1. The van der Waals surface area contributed by atoms with Gasteiger partial charge in [0, 0.05) is 24.9 Å². The van der Waals surface area contributed by atoms with Gasteiger partial charge in [0.1, 0.15) is 6.10 Å². The minimum atomic E-state index is -0.333. The molecule has 1 saturated carbocycles. The van der Waals surface area contributed by atoms with Gasteiger partial charge in [0.25, 0.3) is 5.91 Å². The van der Waals surface area contributed by atoms with Crippen molar-refractivity contribution in [2.75, 3.05) is 18.5 Å². The van der Waals surface area contributed by atoms with E-state index in [-0.39, 0.29) is 18.1 Å². The second-order valence-electron chi connectivity index (χ2n) is 7.54. The first-order chi connectivity index (χ1) is 13.6. The molecule has 1 atom stereocenters. The van der Waals surface area contributed by atoms with Crippen molar-refractivity contribution < 1.29 is 14.6 Å². The lowest BCUT2D eigenvalue weighted by molar-refractivity contribution is -0.124. The molecule has 2 fully saturated rings. The first-order valence-electron chi connectivity index (χ1n) is 10.4. The molecule has 0 bridgehead atoms. The van der Waals surface area contributed by atoms with Gasteiger partial charge >= 0.3 is 0 Å². The number of guanidine groups is 1. The molecule has 0 radical (unpaired) electrons. The lowest BCUT2D eigenvalue weighted by Gasteiger charge is -2.27. The quantitative estimate of drug-likeness (QED) is 0.443. The number of amides is 1. The van der Waals surface area contributed by atoms with Gasteiger partial charge in [0.05, 0.1) is 12.6 Å². The number of hydrogen-bond acceptors (Lipinski definition) is 4. The fourth-order valence-electron chi connectivity index (χ4n) is 3.66. The summed E-state index contributed by atoms with van der Waals surface area (Å²) in [5.41, 5.74) is 1.80. The Hall–Kier alpha value is -2.12. The van der Waals surface area contributed by atoms with Crippen molar-refractivity contribution in [3.63, 3.8) is 0 Å². The molecule has 3 rings (SSSR count). The van der Waals surface area contributed by atoms with E-state index in [1.807, 2.05) is 31.2 Å². The average Bonchev–Trinajstić information content (AvgIpc) is 3.23. The standard InChI is InChI=1S/C21H32N4O3/c1-2-22-21(25-16-8-10-18(26)11-9-16)23-14-15-5-3-6-17(13-15)24-20(27)19-7-4-12-28-19/h3,5-6,13,16,18-19,26H,2,4,7-12,14H2,1H3,(H,24,27)(H2,22,23,25). The van der Waals surface area contributed by atoms with Crippen LogP contribution < -0.4 is 16.0 Å². The number of aliphatic hydroxyl groups is 1. The summed E-state index contributed by atoms with van der Waals surface area (Å²) in [6, 6.07) is 8.12. The highest BCUT2D eigenvalue weighted by Gasteiger charge is 2.23. The molecule has 1 aliphatic heterocycles. The molecule has 1 aromatic carbocycles. The van der Waals surface area contributed by atoms with Crippen LogP contribution in [0.1, 0.15) is 51.0 Å². The molecule has 7 heteroatoms. The van der Waals surface area contributed by atoms with Gasteiger partial charge in [0.15, 0.2) is 5.96 Å². The van der Waals surface area contributed by atoms with E-state index in [0.29, 0.717) is 19.2 Å². The highest BCUT2D eigenvalue weighted by Crippen LogP contribution is 2.19. The molecule has 1 heterocycles. The monoisotopic (exact) mass is 388 g/mol. The number of nitrogens with one attached hydrogen (secondary N) is 3. The van der Waals surface area contributed by atoms with E-state index in [0.717, 1.165) is 62.3 Å². The smallest absolute Gasteiger partial charge is 0.253 e. The van der Waals surface area contributed by atoms with Crippen molar-refractivity contribution in [2.45, 2.75) is 70.2 Å². The van der Waals surface area contributed by atoms with E-state index in [1.165, 1.54) is 0 Å². The molecular formula is C21H32N4O3. The molecule has 0 spiro atoms. The molecule has 154 valence electrons. The van der Waals surface area contributed by atoms with Gasteiger partial charge in [-0.25, -0.2) is 4.99 Å². The van der Waals surface area contributed by atoms with Crippen molar-refractivity contribution in [3.05, 3.63) is 29.8 Å². The zero-order valence-electron chi connectivity index (χ0n) is 16.6. The normalized spacial score (nSPS) is 25.4. The zero-order valence-corrected chi connectivity index (χ0v) is 16.6. The molecule has 1 saturated heterocycles. The lowest BCUT2D eigenvalue weighted by Crippen LogP contribution is -2.45. The highest BCUT2D eigenvalue weighted by molar-refractivity contribution is 5.94. The Morgan fingerprint density at radius 2 is 2.07 bits per heavy atom. The number of carbonyl (C=O) groups is 1. The Bertz CT molecular complexity index is 665. The first-order valence-corrected chi connectivity index (χ1v) is 10.4. The molecule has 0 aromatic heterocycles. The van der Waals surface area contributed by atoms with Gasteiger partial charge < -0.3 is 25.8 Å². The van der Waals surface area contributed by atoms with Crippen molar-refractivity contribution in [1.29, 1.82) is 0 Å². The molecule has 1 aliphatic carbocycles. The predicted molar refractivity (Wildman–Crippen MR) is 110 cm³/mol. The molecule has 1 aromatic rings. The summed E-state index contributed by atoms with van der Waals surface area (Å²) < 4.78 is 5.44. The van der Waals surface area contributed by atoms with E-state index < -0.39 is 0 Å². The van der Waals surface area contributed by atoms with Crippen LogP contribution in [0.5, 0.6) is 0 Å². The van der Waals surface area contributed by atoms with Crippen LogP contribution in [0.2, 0.25) is 0 Å². The van der Waals surface area contributed by atoms with Crippen LogP contribution in [0, 0.1) is 0 Å². The summed E-state index contributed by atoms with van der Waals surface area (Å²) >= 11 is 0. The van der Waals surface area contributed by atoms with Crippen LogP contribution in [0.3, 0.4) is 0 Å². The number of nitrogens with zero attached hydrogens (tertiary/aromatic N) is 1. The number of aliphatic imine (C=N–C) groups is 1. The van der Waals surface area contributed by atoms with Gasteiger partial charge in [-0.05, 0) is 63.1 Å². The molecular weight excluding hydrogens is 356 g/mol. The van der Waals surface area contributed by atoms with Gasteiger partial charge in [-0.3, -0.25) is 4.79 Å². The summed E-state index contributed by atoms with van der Waals surface area (Å²) in [6.45, 7) is 4.02. The van der Waals surface area contributed by atoms with Crippen LogP contribution in [0.25, 0.3) is 0 Å².